The van der Waals surface area contributed by atoms with Gasteiger partial charge in [-0.3, -0.25) is 9.59 Å². The molecule has 1 saturated heterocycles. The SMILES string of the molecule is CC(NC(=O)C1CC(=O)N(c2ccc3c(c2)OCO3)C1)c1ccc(Br)cc1. The van der Waals surface area contributed by atoms with E-state index in [2.05, 4.69) is 21.2 Å². The van der Waals surface area contributed by atoms with Crippen molar-refractivity contribution in [2.24, 2.45) is 5.92 Å². The number of carbonyl (C=O) groups excluding carboxylic acids is 2. The lowest BCUT2D eigenvalue weighted by Gasteiger charge is -2.19. The van der Waals surface area contributed by atoms with Gasteiger partial charge >= 0.3 is 0 Å². The quantitative estimate of drug-likeness (QED) is 0.806. The summed E-state index contributed by atoms with van der Waals surface area (Å²) < 4.78 is 11.7. The molecule has 0 saturated carbocycles. The number of nitrogens with one attached hydrogen (secondary N) is 1. The molecule has 4 rings (SSSR count). The third-order valence-corrected chi connectivity index (χ3v) is 5.42. The van der Waals surface area contributed by atoms with Gasteiger partial charge in [-0.15, -0.1) is 0 Å². The summed E-state index contributed by atoms with van der Waals surface area (Å²) in [6, 6.07) is 13.1. The molecule has 27 heavy (non-hydrogen) atoms. The molecule has 1 N–H and O–H groups in total. The van der Waals surface area contributed by atoms with Crippen LogP contribution in [0.5, 0.6) is 11.5 Å². The van der Waals surface area contributed by atoms with Gasteiger partial charge in [0.25, 0.3) is 0 Å². The number of fused-ring (bicyclic) bond motifs is 1. The second kappa shape index (κ2) is 7.23. The highest BCUT2D eigenvalue weighted by molar-refractivity contribution is 9.10. The molecule has 1 fully saturated rings. The Morgan fingerprint density at radius 2 is 1.93 bits per heavy atom. The smallest absolute Gasteiger partial charge is 0.231 e. The van der Waals surface area contributed by atoms with Crippen LogP contribution in [0.1, 0.15) is 24.9 Å². The normalized spacial score (nSPS) is 19.3. The number of halogens is 1. The molecule has 2 amide bonds. The minimum absolute atomic E-state index is 0.0645. The maximum absolute atomic E-state index is 12.7. The molecule has 140 valence electrons. The van der Waals surface area contributed by atoms with Crippen LogP contribution in [0.4, 0.5) is 5.69 Å². The predicted octanol–water partition coefficient (Wildman–Crippen LogP) is 3.41. The zero-order chi connectivity index (χ0) is 19.0. The molecule has 0 aliphatic carbocycles. The predicted molar refractivity (Wildman–Crippen MR) is 104 cm³/mol. The van der Waals surface area contributed by atoms with E-state index in [0.717, 1.165) is 15.7 Å². The average Bonchev–Trinajstić information content (AvgIpc) is 3.27. The molecule has 2 aromatic rings. The summed E-state index contributed by atoms with van der Waals surface area (Å²) in [7, 11) is 0. The topological polar surface area (TPSA) is 67.9 Å². The maximum atomic E-state index is 12.7. The molecule has 2 aromatic carbocycles. The van der Waals surface area contributed by atoms with Gasteiger partial charge in [-0.25, -0.2) is 0 Å². The molecule has 2 heterocycles. The highest BCUT2D eigenvalue weighted by atomic mass is 79.9. The summed E-state index contributed by atoms with van der Waals surface area (Å²) in [6.45, 7) is 2.48. The van der Waals surface area contributed by atoms with Gasteiger partial charge in [0.15, 0.2) is 11.5 Å². The monoisotopic (exact) mass is 430 g/mol. The van der Waals surface area contributed by atoms with Crippen LogP contribution in [0.2, 0.25) is 0 Å². The highest BCUT2D eigenvalue weighted by Crippen LogP contribution is 2.37. The van der Waals surface area contributed by atoms with E-state index in [9.17, 15) is 9.59 Å². The number of hydrogen-bond donors (Lipinski definition) is 1. The van der Waals surface area contributed by atoms with Crippen molar-refractivity contribution in [2.45, 2.75) is 19.4 Å². The first-order valence-electron chi connectivity index (χ1n) is 8.77. The van der Waals surface area contributed by atoms with Crippen LogP contribution in [0.15, 0.2) is 46.9 Å². The number of anilines is 1. The van der Waals surface area contributed by atoms with E-state index in [1.165, 1.54) is 0 Å². The minimum atomic E-state index is -0.374. The molecular formula is C20H19BrN2O4. The van der Waals surface area contributed by atoms with Crippen LogP contribution in [0.3, 0.4) is 0 Å². The number of hydrogen-bond acceptors (Lipinski definition) is 4. The summed E-state index contributed by atoms with van der Waals surface area (Å²) >= 11 is 3.41. The van der Waals surface area contributed by atoms with E-state index in [1.807, 2.05) is 37.3 Å². The summed E-state index contributed by atoms with van der Waals surface area (Å²) in [4.78, 5) is 26.7. The standard InChI is InChI=1S/C20H19BrN2O4/c1-12(13-2-4-15(21)5-3-13)22-20(25)14-8-19(24)23(10-14)16-6-7-17-18(9-16)27-11-26-17/h2-7,9,12,14H,8,10-11H2,1H3,(H,22,25). The second-order valence-electron chi connectivity index (χ2n) is 6.72. The van der Waals surface area contributed by atoms with E-state index in [0.29, 0.717) is 18.0 Å². The largest absolute Gasteiger partial charge is 0.454 e. The summed E-state index contributed by atoms with van der Waals surface area (Å²) in [5, 5.41) is 3.01. The molecule has 2 unspecified atom stereocenters. The minimum Gasteiger partial charge on any atom is -0.454 e. The zero-order valence-electron chi connectivity index (χ0n) is 14.8. The van der Waals surface area contributed by atoms with Crippen LogP contribution in [-0.2, 0) is 9.59 Å². The van der Waals surface area contributed by atoms with Crippen LogP contribution in [0.25, 0.3) is 0 Å². The van der Waals surface area contributed by atoms with Gasteiger partial charge < -0.3 is 19.7 Å². The fourth-order valence-electron chi connectivity index (χ4n) is 3.35. The summed E-state index contributed by atoms with van der Waals surface area (Å²) in [5.41, 5.74) is 1.74. The van der Waals surface area contributed by atoms with Crippen LogP contribution in [0, 0.1) is 5.92 Å². The van der Waals surface area contributed by atoms with E-state index in [4.69, 9.17) is 9.47 Å². The lowest BCUT2D eigenvalue weighted by Crippen LogP contribution is -2.34. The van der Waals surface area contributed by atoms with Crippen molar-refractivity contribution < 1.29 is 19.1 Å². The number of ether oxygens (including phenoxy) is 2. The first kappa shape index (κ1) is 17.9. The maximum Gasteiger partial charge on any atom is 0.231 e. The first-order valence-corrected chi connectivity index (χ1v) is 9.56. The van der Waals surface area contributed by atoms with Crippen LogP contribution < -0.4 is 19.7 Å². The highest BCUT2D eigenvalue weighted by Gasteiger charge is 2.36. The van der Waals surface area contributed by atoms with Gasteiger partial charge in [-0.2, -0.15) is 0 Å². The second-order valence-corrected chi connectivity index (χ2v) is 7.64. The fraction of sp³-hybridized carbons (Fsp3) is 0.300. The van der Waals surface area contributed by atoms with E-state index >= 15 is 0 Å². The molecule has 2 aliphatic rings. The molecule has 0 spiro atoms. The van der Waals surface area contributed by atoms with Gasteiger partial charge in [0.2, 0.25) is 18.6 Å². The van der Waals surface area contributed by atoms with Gasteiger partial charge in [-0.1, -0.05) is 28.1 Å². The zero-order valence-corrected chi connectivity index (χ0v) is 16.4. The Kier molecular flexibility index (Phi) is 4.78. The van der Waals surface area contributed by atoms with E-state index in [1.54, 1.807) is 17.0 Å². The Morgan fingerprint density at radius 1 is 1.19 bits per heavy atom. The third-order valence-electron chi connectivity index (χ3n) is 4.89. The number of amides is 2. The first-order chi connectivity index (χ1) is 13.0. The number of carbonyl (C=O) groups is 2. The molecule has 0 bridgehead atoms. The molecule has 6 nitrogen and oxygen atoms in total. The Morgan fingerprint density at radius 3 is 2.70 bits per heavy atom. The van der Waals surface area contributed by atoms with Crippen molar-refractivity contribution in [1.29, 1.82) is 0 Å². The fourth-order valence-corrected chi connectivity index (χ4v) is 3.62. The Bertz CT molecular complexity index is 884. The number of benzene rings is 2. The number of rotatable bonds is 4. The van der Waals surface area contributed by atoms with Crippen molar-refractivity contribution >= 4 is 33.4 Å². The molecule has 2 atom stereocenters. The Hall–Kier alpha value is -2.54. The average molecular weight is 431 g/mol. The Balaban J connectivity index is 1.42. The number of nitrogens with zero attached hydrogens (tertiary/aromatic N) is 1. The molecule has 0 radical (unpaired) electrons. The van der Waals surface area contributed by atoms with Crippen molar-refractivity contribution in [1.82, 2.24) is 5.32 Å². The van der Waals surface area contributed by atoms with Gasteiger partial charge in [0.05, 0.1) is 12.0 Å². The van der Waals surface area contributed by atoms with Gasteiger partial charge in [0, 0.05) is 29.2 Å². The van der Waals surface area contributed by atoms with Crippen molar-refractivity contribution in [3.05, 3.63) is 52.5 Å². The molecule has 0 aromatic heterocycles. The molecule has 2 aliphatic heterocycles. The lowest BCUT2D eigenvalue weighted by atomic mass is 10.1. The molecule has 7 heteroatoms. The van der Waals surface area contributed by atoms with Crippen molar-refractivity contribution in [2.75, 3.05) is 18.2 Å². The molecular weight excluding hydrogens is 412 g/mol. The Labute approximate surface area is 165 Å². The van der Waals surface area contributed by atoms with Gasteiger partial charge in [-0.05, 0) is 36.8 Å². The van der Waals surface area contributed by atoms with Crippen molar-refractivity contribution in [3.8, 4) is 11.5 Å². The summed E-state index contributed by atoms with van der Waals surface area (Å²) in [6.07, 6.45) is 0.202. The summed E-state index contributed by atoms with van der Waals surface area (Å²) in [5.74, 6) is 0.744. The third kappa shape index (κ3) is 3.64. The van der Waals surface area contributed by atoms with E-state index in [-0.39, 0.29) is 37.0 Å². The van der Waals surface area contributed by atoms with Crippen LogP contribution in [-0.4, -0.2) is 25.2 Å². The van der Waals surface area contributed by atoms with Crippen molar-refractivity contribution in [3.63, 3.8) is 0 Å². The van der Waals surface area contributed by atoms with Crippen LogP contribution >= 0.6 is 15.9 Å². The van der Waals surface area contributed by atoms with E-state index < -0.39 is 0 Å². The van der Waals surface area contributed by atoms with Gasteiger partial charge in [0.1, 0.15) is 0 Å². The lowest BCUT2D eigenvalue weighted by molar-refractivity contribution is -0.126.